The Morgan fingerprint density at radius 3 is 1.46 bits per heavy atom. The maximum absolute atomic E-state index is 6.43. The number of fused-ring (bicyclic) bond motifs is 8. The Morgan fingerprint density at radius 2 is 0.807 bits per heavy atom. The number of hydrogen-bond donors (Lipinski definition) is 0. The van der Waals surface area contributed by atoms with E-state index < -0.39 is 5.41 Å². The zero-order chi connectivity index (χ0) is 37.8. The minimum atomic E-state index is -0.602. The van der Waals surface area contributed by atoms with Crippen molar-refractivity contribution in [3.63, 3.8) is 0 Å². The smallest absolute Gasteiger partial charge is 0.137 e. The van der Waals surface area contributed by atoms with Crippen LogP contribution in [0.5, 0.6) is 0 Å². The van der Waals surface area contributed by atoms with Crippen molar-refractivity contribution in [2.45, 2.75) is 5.41 Å². The molecule has 0 bridgehead atoms. The van der Waals surface area contributed by atoms with Gasteiger partial charge in [-0.15, -0.1) is 0 Å². The van der Waals surface area contributed by atoms with Crippen LogP contribution >= 0.6 is 0 Å². The molecule has 1 aliphatic rings. The second-order valence-electron chi connectivity index (χ2n) is 14.8. The van der Waals surface area contributed by atoms with E-state index in [-0.39, 0.29) is 0 Å². The van der Waals surface area contributed by atoms with E-state index in [2.05, 4.69) is 223 Å². The molecule has 0 saturated heterocycles. The Balaban J connectivity index is 1.16. The van der Waals surface area contributed by atoms with Gasteiger partial charge < -0.3 is 9.32 Å². The van der Waals surface area contributed by atoms with E-state index in [0.717, 1.165) is 39.0 Å². The molecule has 0 radical (unpaired) electrons. The number of hydrogen-bond acceptors (Lipinski definition) is 2. The Morgan fingerprint density at radius 1 is 0.333 bits per heavy atom. The van der Waals surface area contributed by atoms with Crippen molar-refractivity contribution in [1.29, 1.82) is 0 Å². The summed E-state index contributed by atoms with van der Waals surface area (Å²) in [5, 5.41) is 2.19. The Hall–Kier alpha value is -7.42. The van der Waals surface area contributed by atoms with Crippen LogP contribution in [0.15, 0.2) is 229 Å². The molecule has 2 heteroatoms. The quantitative estimate of drug-likeness (QED) is 0.170. The first-order valence-corrected chi connectivity index (χ1v) is 19.6. The minimum Gasteiger partial charge on any atom is -0.456 e. The van der Waals surface area contributed by atoms with Crippen LogP contribution in [-0.4, -0.2) is 0 Å². The monoisotopic (exact) mass is 727 g/mol. The summed E-state index contributed by atoms with van der Waals surface area (Å²) in [5.41, 5.74) is 16.7. The molecule has 57 heavy (non-hydrogen) atoms. The van der Waals surface area contributed by atoms with E-state index in [1.807, 2.05) is 6.07 Å². The highest BCUT2D eigenvalue weighted by Crippen LogP contribution is 2.55. The molecule has 0 unspecified atom stereocenters. The fourth-order valence-corrected chi connectivity index (χ4v) is 9.33. The molecule has 1 aromatic heterocycles. The highest BCUT2D eigenvalue weighted by atomic mass is 16.3. The lowest BCUT2D eigenvalue weighted by Gasteiger charge is -2.38. The fraction of sp³-hybridized carbons (Fsp3) is 0.0182. The average molecular weight is 728 g/mol. The lowest BCUT2D eigenvalue weighted by molar-refractivity contribution is 0.669. The topological polar surface area (TPSA) is 16.4 Å². The third-order valence-electron chi connectivity index (χ3n) is 11.8. The van der Waals surface area contributed by atoms with Crippen LogP contribution in [0, 0.1) is 0 Å². The molecule has 0 N–H and O–H groups in total. The molecule has 0 atom stereocenters. The van der Waals surface area contributed by atoms with Crippen LogP contribution in [0.4, 0.5) is 17.1 Å². The van der Waals surface area contributed by atoms with Crippen molar-refractivity contribution in [2.24, 2.45) is 0 Å². The maximum atomic E-state index is 6.43. The van der Waals surface area contributed by atoms with Gasteiger partial charge in [-0.05, 0) is 98.1 Å². The first-order valence-electron chi connectivity index (χ1n) is 19.6. The summed E-state index contributed by atoms with van der Waals surface area (Å²) in [5.74, 6) is 0. The normalized spacial score (nSPS) is 12.7. The predicted octanol–water partition coefficient (Wildman–Crippen LogP) is 14.8. The highest BCUT2D eigenvalue weighted by Gasteiger charge is 2.43. The SMILES string of the molecule is c1ccc(-c2ccc(N(c3ccc(C4(c5ccccc5)c5ccccc5-c5ccccc5-c5ccccc54)cc3)c3cccc4oc5ccccc5c34)cc2)cc1. The minimum absolute atomic E-state index is 0.602. The number of nitrogens with zero attached hydrogens (tertiary/aromatic N) is 1. The summed E-state index contributed by atoms with van der Waals surface area (Å²) in [6.07, 6.45) is 0. The number of para-hydroxylation sites is 1. The van der Waals surface area contributed by atoms with Gasteiger partial charge in [0.1, 0.15) is 11.2 Å². The molecule has 1 heterocycles. The molecule has 0 amide bonds. The first-order chi connectivity index (χ1) is 28.3. The number of anilines is 3. The molecule has 2 nitrogen and oxygen atoms in total. The molecule has 1 aliphatic carbocycles. The Bertz CT molecular complexity index is 2990. The molecule has 9 aromatic carbocycles. The van der Waals surface area contributed by atoms with Crippen LogP contribution in [0.25, 0.3) is 55.3 Å². The van der Waals surface area contributed by atoms with Gasteiger partial charge in [0, 0.05) is 16.8 Å². The van der Waals surface area contributed by atoms with E-state index in [9.17, 15) is 0 Å². The number of rotatable bonds is 6. The van der Waals surface area contributed by atoms with Crippen molar-refractivity contribution >= 4 is 39.0 Å². The van der Waals surface area contributed by atoms with Crippen molar-refractivity contribution < 1.29 is 4.42 Å². The summed E-state index contributed by atoms with van der Waals surface area (Å²) in [7, 11) is 0. The van der Waals surface area contributed by atoms with Gasteiger partial charge in [-0.1, -0.05) is 182 Å². The van der Waals surface area contributed by atoms with Gasteiger partial charge in [0.25, 0.3) is 0 Å². The lowest BCUT2D eigenvalue weighted by Crippen LogP contribution is -2.31. The number of furan rings is 1. The second kappa shape index (κ2) is 13.4. The molecular weight excluding hydrogens is 691 g/mol. The lowest BCUT2D eigenvalue weighted by atomic mass is 9.63. The van der Waals surface area contributed by atoms with E-state index >= 15 is 0 Å². The summed E-state index contributed by atoms with van der Waals surface area (Å²) in [6, 6.07) is 81.4. The zero-order valence-corrected chi connectivity index (χ0v) is 31.2. The van der Waals surface area contributed by atoms with Crippen LogP contribution in [0.3, 0.4) is 0 Å². The fourth-order valence-electron chi connectivity index (χ4n) is 9.33. The van der Waals surface area contributed by atoms with Crippen LogP contribution in [0.1, 0.15) is 22.3 Å². The standard InChI is InChI=1S/C55H37NO/c1-3-16-38(17-4-1)39-30-34-42(35-31-39)56(51-27-15-29-53-54(51)48-24-11-14-28-52(48)57-53)43-36-32-41(33-37-43)55(40-18-5-2-6-19-40)49-25-12-9-22-46(49)44-20-7-8-21-45(44)47-23-10-13-26-50(47)55/h1-37H. The Labute approximate surface area is 332 Å². The van der Waals surface area contributed by atoms with Crippen molar-refractivity contribution in [2.75, 3.05) is 4.90 Å². The van der Waals surface area contributed by atoms with Crippen LogP contribution < -0.4 is 4.90 Å². The highest BCUT2D eigenvalue weighted by molar-refractivity contribution is 6.13. The van der Waals surface area contributed by atoms with Gasteiger partial charge >= 0.3 is 0 Å². The molecule has 268 valence electrons. The van der Waals surface area contributed by atoms with Gasteiger partial charge in [0.2, 0.25) is 0 Å². The average Bonchev–Trinajstić information content (AvgIpc) is 3.63. The van der Waals surface area contributed by atoms with Crippen molar-refractivity contribution in [1.82, 2.24) is 0 Å². The molecular formula is C55H37NO. The predicted molar refractivity (Wildman–Crippen MR) is 237 cm³/mol. The molecule has 10 aromatic rings. The molecule has 0 fully saturated rings. The molecule has 0 saturated carbocycles. The first kappa shape index (κ1) is 33.0. The van der Waals surface area contributed by atoms with Gasteiger partial charge in [-0.25, -0.2) is 0 Å². The third kappa shape index (κ3) is 5.18. The van der Waals surface area contributed by atoms with E-state index in [4.69, 9.17) is 4.42 Å². The molecule has 0 aliphatic heterocycles. The van der Waals surface area contributed by atoms with Gasteiger partial charge in [-0.3, -0.25) is 0 Å². The summed E-state index contributed by atoms with van der Waals surface area (Å²) >= 11 is 0. The summed E-state index contributed by atoms with van der Waals surface area (Å²) in [4.78, 5) is 2.38. The zero-order valence-electron chi connectivity index (χ0n) is 31.2. The van der Waals surface area contributed by atoms with Gasteiger partial charge in [0.15, 0.2) is 0 Å². The molecule has 0 spiro atoms. The maximum Gasteiger partial charge on any atom is 0.137 e. The third-order valence-corrected chi connectivity index (χ3v) is 11.8. The van der Waals surface area contributed by atoms with E-state index in [1.54, 1.807) is 0 Å². The summed E-state index contributed by atoms with van der Waals surface area (Å²) in [6.45, 7) is 0. The van der Waals surface area contributed by atoms with Gasteiger partial charge in [0.05, 0.1) is 16.5 Å². The van der Waals surface area contributed by atoms with Crippen LogP contribution in [-0.2, 0) is 5.41 Å². The Kier molecular flexibility index (Phi) is 7.75. The van der Waals surface area contributed by atoms with Crippen LogP contribution in [0.2, 0.25) is 0 Å². The molecule has 11 rings (SSSR count). The van der Waals surface area contributed by atoms with Crippen molar-refractivity contribution in [3.05, 3.63) is 247 Å². The second-order valence-corrected chi connectivity index (χ2v) is 14.8. The van der Waals surface area contributed by atoms with Gasteiger partial charge in [-0.2, -0.15) is 0 Å². The van der Waals surface area contributed by atoms with E-state index in [0.29, 0.717) is 0 Å². The largest absolute Gasteiger partial charge is 0.456 e. The number of benzene rings is 9. The van der Waals surface area contributed by atoms with E-state index in [1.165, 1.54) is 55.6 Å². The van der Waals surface area contributed by atoms with Crippen molar-refractivity contribution in [3.8, 4) is 33.4 Å². The summed E-state index contributed by atoms with van der Waals surface area (Å²) < 4.78 is 6.43.